The van der Waals surface area contributed by atoms with Crippen LogP contribution in [0.5, 0.6) is 0 Å². The Balaban J connectivity index is 2.03. The summed E-state index contributed by atoms with van der Waals surface area (Å²) in [7, 11) is -2.36. The fourth-order valence-electron chi connectivity index (χ4n) is 2.54. The summed E-state index contributed by atoms with van der Waals surface area (Å²) in [5.74, 6) is 0. The molecular weight excluding hydrogens is 352 g/mol. The molecule has 1 fully saturated rings. The summed E-state index contributed by atoms with van der Waals surface area (Å²) >= 11 is 0. The SMILES string of the molecule is COCCN1CCO[C@@H](CNc2ccc(S(N)(=O)=O)cc2[N+](=O)[O-])C1. The quantitative estimate of drug-likeness (QED) is 0.479. The number of hydrogen-bond acceptors (Lipinski definition) is 8. The van der Waals surface area contributed by atoms with E-state index in [4.69, 9.17) is 14.6 Å². The van der Waals surface area contributed by atoms with Crippen molar-refractivity contribution in [1.29, 1.82) is 0 Å². The van der Waals surface area contributed by atoms with Crippen LogP contribution in [0.3, 0.4) is 0 Å². The van der Waals surface area contributed by atoms with E-state index < -0.39 is 14.9 Å². The zero-order valence-electron chi connectivity index (χ0n) is 13.9. The van der Waals surface area contributed by atoms with Gasteiger partial charge in [0.1, 0.15) is 5.69 Å². The lowest BCUT2D eigenvalue weighted by Gasteiger charge is -2.32. The number of nitrogens with zero attached hydrogens (tertiary/aromatic N) is 2. The van der Waals surface area contributed by atoms with Crippen molar-refractivity contribution in [3.8, 4) is 0 Å². The number of anilines is 1. The van der Waals surface area contributed by atoms with Crippen LogP contribution < -0.4 is 10.5 Å². The minimum atomic E-state index is -4.00. The molecule has 0 unspecified atom stereocenters. The summed E-state index contributed by atoms with van der Waals surface area (Å²) in [5.41, 5.74) is -0.131. The fourth-order valence-corrected chi connectivity index (χ4v) is 3.07. The maximum Gasteiger partial charge on any atom is 0.293 e. The molecule has 11 heteroatoms. The van der Waals surface area contributed by atoms with E-state index in [2.05, 4.69) is 10.2 Å². The number of nitrogens with two attached hydrogens (primary N) is 1. The second kappa shape index (κ2) is 8.54. The summed E-state index contributed by atoms with van der Waals surface area (Å²) in [4.78, 5) is 12.4. The Kier molecular flexibility index (Phi) is 6.67. The van der Waals surface area contributed by atoms with Gasteiger partial charge in [0, 0.05) is 39.4 Å². The van der Waals surface area contributed by atoms with Crippen molar-refractivity contribution in [3.63, 3.8) is 0 Å². The number of morpholine rings is 1. The number of rotatable bonds is 8. The van der Waals surface area contributed by atoms with Crippen LogP contribution in [0, 0.1) is 10.1 Å². The Bertz CT molecular complexity index is 711. The zero-order chi connectivity index (χ0) is 18.4. The number of nitro benzene ring substituents is 1. The van der Waals surface area contributed by atoms with Crippen LogP contribution in [0.2, 0.25) is 0 Å². The number of hydrogen-bond donors (Lipinski definition) is 2. The molecule has 1 aromatic carbocycles. The topological polar surface area (TPSA) is 137 Å². The van der Waals surface area contributed by atoms with Gasteiger partial charge in [0.05, 0.1) is 29.1 Å². The number of benzene rings is 1. The van der Waals surface area contributed by atoms with Gasteiger partial charge in [0.15, 0.2) is 0 Å². The molecule has 1 atom stereocenters. The third-order valence-corrected chi connectivity index (χ3v) is 4.76. The highest BCUT2D eigenvalue weighted by molar-refractivity contribution is 7.89. The lowest BCUT2D eigenvalue weighted by molar-refractivity contribution is -0.384. The summed E-state index contributed by atoms with van der Waals surface area (Å²) in [6.07, 6.45) is -0.136. The predicted molar refractivity (Wildman–Crippen MR) is 91.0 cm³/mol. The molecule has 2 rings (SSSR count). The first kappa shape index (κ1) is 19.5. The lowest BCUT2D eigenvalue weighted by Crippen LogP contribution is -2.46. The molecule has 10 nitrogen and oxygen atoms in total. The molecule has 0 bridgehead atoms. The second-order valence-corrected chi connectivity index (χ2v) is 7.21. The van der Waals surface area contributed by atoms with Gasteiger partial charge in [0.25, 0.3) is 5.69 Å². The van der Waals surface area contributed by atoms with E-state index in [0.717, 1.165) is 19.2 Å². The lowest BCUT2D eigenvalue weighted by atomic mass is 10.2. The largest absolute Gasteiger partial charge is 0.383 e. The highest BCUT2D eigenvalue weighted by atomic mass is 32.2. The highest BCUT2D eigenvalue weighted by Gasteiger charge is 2.23. The summed E-state index contributed by atoms with van der Waals surface area (Å²) in [6, 6.07) is 3.52. The summed E-state index contributed by atoms with van der Waals surface area (Å²) < 4.78 is 33.4. The van der Waals surface area contributed by atoms with Gasteiger partial charge < -0.3 is 14.8 Å². The number of primary sulfonamides is 1. The number of sulfonamides is 1. The van der Waals surface area contributed by atoms with E-state index in [1.165, 1.54) is 12.1 Å². The average Bonchev–Trinajstić information content (AvgIpc) is 2.57. The molecule has 1 aliphatic heterocycles. The molecule has 0 saturated carbocycles. The summed E-state index contributed by atoms with van der Waals surface area (Å²) in [6.45, 7) is 3.84. The fraction of sp³-hybridized carbons (Fsp3) is 0.571. The minimum Gasteiger partial charge on any atom is -0.383 e. The van der Waals surface area contributed by atoms with Crippen LogP contribution in [-0.4, -0.2) is 70.8 Å². The molecule has 0 spiro atoms. The van der Waals surface area contributed by atoms with Crippen molar-refractivity contribution in [2.45, 2.75) is 11.0 Å². The minimum absolute atomic E-state index is 0.136. The maximum absolute atomic E-state index is 11.3. The van der Waals surface area contributed by atoms with Crippen molar-refractivity contribution in [2.24, 2.45) is 5.14 Å². The van der Waals surface area contributed by atoms with E-state index in [0.29, 0.717) is 26.3 Å². The van der Waals surface area contributed by atoms with E-state index >= 15 is 0 Å². The van der Waals surface area contributed by atoms with Crippen molar-refractivity contribution >= 4 is 21.4 Å². The molecular formula is C14H22N4O6S. The Morgan fingerprint density at radius 1 is 1.52 bits per heavy atom. The number of ether oxygens (including phenoxy) is 2. The van der Waals surface area contributed by atoms with Crippen molar-refractivity contribution in [3.05, 3.63) is 28.3 Å². The van der Waals surface area contributed by atoms with Gasteiger partial charge >= 0.3 is 0 Å². The molecule has 1 aliphatic rings. The Labute approximate surface area is 146 Å². The van der Waals surface area contributed by atoms with Crippen LogP contribution in [0.15, 0.2) is 23.1 Å². The molecule has 0 aliphatic carbocycles. The number of nitro groups is 1. The molecule has 3 N–H and O–H groups in total. The van der Waals surface area contributed by atoms with E-state index in [9.17, 15) is 18.5 Å². The molecule has 1 saturated heterocycles. The number of nitrogens with one attached hydrogen (secondary N) is 1. The molecule has 0 radical (unpaired) electrons. The van der Waals surface area contributed by atoms with Crippen LogP contribution >= 0.6 is 0 Å². The van der Waals surface area contributed by atoms with Crippen molar-refractivity contribution < 1.29 is 22.8 Å². The van der Waals surface area contributed by atoms with Gasteiger partial charge in [0.2, 0.25) is 10.0 Å². The van der Waals surface area contributed by atoms with E-state index in [1.54, 1.807) is 7.11 Å². The van der Waals surface area contributed by atoms with Gasteiger partial charge in [-0.2, -0.15) is 0 Å². The van der Waals surface area contributed by atoms with Crippen LogP contribution in [0.4, 0.5) is 11.4 Å². The normalized spacial score (nSPS) is 18.9. The Morgan fingerprint density at radius 2 is 2.28 bits per heavy atom. The summed E-state index contributed by atoms with van der Waals surface area (Å²) in [5, 5.41) is 19.2. The van der Waals surface area contributed by atoms with E-state index in [-0.39, 0.29) is 22.4 Å². The third kappa shape index (κ3) is 5.61. The van der Waals surface area contributed by atoms with Gasteiger partial charge in [-0.05, 0) is 12.1 Å². The molecule has 0 aromatic heterocycles. The predicted octanol–water partition coefficient (Wildman–Crippen LogP) is 0.00130. The van der Waals surface area contributed by atoms with Crippen molar-refractivity contribution in [2.75, 3.05) is 51.8 Å². The van der Waals surface area contributed by atoms with Gasteiger partial charge in [-0.25, -0.2) is 13.6 Å². The Hall–Kier alpha value is -1.79. The van der Waals surface area contributed by atoms with Crippen LogP contribution in [-0.2, 0) is 19.5 Å². The van der Waals surface area contributed by atoms with Crippen LogP contribution in [0.25, 0.3) is 0 Å². The van der Waals surface area contributed by atoms with Gasteiger partial charge in [-0.1, -0.05) is 0 Å². The first-order chi connectivity index (χ1) is 11.8. The smallest absolute Gasteiger partial charge is 0.293 e. The van der Waals surface area contributed by atoms with Gasteiger partial charge in [-0.3, -0.25) is 15.0 Å². The van der Waals surface area contributed by atoms with Gasteiger partial charge in [-0.15, -0.1) is 0 Å². The molecule has 0 amide bonds. The molecule has 1 heterocycles. The first-order valence-electron chi connectivity index (χ1n) is 7.69. The van der Waals surface area contributed by atoms with Crippen molar-refractivity contribution in [1.82, 2.24) is 4.90 Å². The zero-order valence-corrected chi connectivity index (χ0v) is 14.7. The number of methoxy groups -OCH3 is 1. The third-order valence-electron chi connectivity index (χ3n) is 3.85. The molecule has 25 heavy (non-hydrogen) atoms. The highest BCUT2D eigenvalue weighted by Crippen LogP contribution is 2.27. The molecule has 1 aromatic rings. The maximum atomic E-state index is 11.3. The average molecular weight is 374 g/mol. The van der Waals surface area contributed by atoms with E-state index in [1.807, 2.05) is 0 Å². The Morgan fingerprint density at radius 3 is 2.92 bits per heavy atom. The monoisotopic (exact) mass is 374 g/mol. The molecule has 140 valence electrons. The second-order valence-electron chi connectivity index (χ2n) is 5.65. The standard InChI is InChI=1S/C14H22N4O6S/c1-23-6-4-17-5-7-24-11(10-17)9-16-13-3-2-12(25(15,21)22)8-14(13)18(19)20/h2-3,8,11,16H,4-7,9-10H2,1H3,(H2,15,21,22)/t11-/m0/s1. The van der Waals surface area contributed by atoms with Crippen LogP contribution in [0.1, 0.15) is 0 Å². The first-order valence-corrected chi connectivity index (χ1v) is 9.24.